The van der Waals surface area contributed by atoms with Gasteiger partial charge in [0.2, 0.25) is 0 Å². The van der Waals surface area contributed by atoms with Gasteiger partial charge in [0.25, 0.3) is 0 Å². The second-order valence-electron chi connectivity index (χ2n) is 6.67. The predicted octanol–water partition coefficient (Wildman–Crippen LogP) is 4.94. The van der Waals surface area contributed by atoms with Crippen LogP contribution in [0.2, 0.25) is 0 Å². The molecule has 0 aromatic heterocycles. The molecule has 2 aliphatic carbocycles. The third kappa shape index (κ3) is 4.33. The van der Waals surface area contributed by atoms with Gasteiger partial charge in [-0.05, 0) is 68.2 Å². The Hall–Kier alpha value is -0.340. The van der Waals surface area contributed by atoms with Gasteiger partial charge in [0.1, 0.15) is 0 Å². The van der Waals surface area contributed by atoms with Gasteiger partial charge in [0, 0.05) is 10.5 Å². The largest absolute Gasteiger partial charge is 0.314 e. The molecule has 0 spiro atoms. The second kappa shape index (κ2) is 7.09. The zero-order chi connectivity index (χ0) is 13.8. The minimum absolute atomic E-state index is 0.852. The lowest BCUT2D eigenvalue weighted by molar-refractivity contribution is 0.297. The lowest BCUT2D eigenvalue weighted by atomic mass is 9.83. The Labute approximate surface area is 131 Å². The molecule has 20 heavy (non-hydrogen) atoms. The number of benzene rings is 1. The third-order valence-electron chi connectivity index (χ3n) is 4.95. The van der Waals surface area contributed by atoms with Gasteiger partial charge in [-0.1, -0.05) is 47.3 Å². The molecule has 3 rings (SSSR count). The molecule has 0 heterocycles. The standard InChI is InChI=1S/C18H26BrN/c19-17-8-4-5-14(12-17)11-15-6-2-1-3-7-16(15)13-20-18-9-10-18/h4-5,8,12,15-16,18,20H,1-3,6-7,9-11,13H2. The van der Waals surface area contributed by atoms with E-state index in [1.807, 2.05) is 0 Å². The predicted molar refractivity (Wildman–Crippen MR) is 88.9 cm³/mol. The van der Waals surface area contributed by atoms with E-state index in [1.54, 1.807) is 0 Å². The molecule has 0 saturated heterocycles. The quantitative estimate of drug-likeness (QED) is 0.751. The van der Waals surface area contributed by atoms with E-state index in [9.17, 15) is 0 Å². The van der Waals surface area contributed by atoms with Crippen molar-refractivity contribution < 1.29 is 0 Å². The van der Waals surface area contributed by atoms with Crippen LogP contribution < -0.4 is 5.32 Å². The molecule has 0 radical (unpaired) electrons. The van der Waals surface area contributed by atoms with Crippen LogP contribution in [0.1, 0.15) is 50.5 Å². The van der Waals surface area contributed by atoms with Crippen LogP contribution in [0.15, 0.2) is 28.7 Å². The van der Waals surface area contributed by atoms with Gasteiger partial charge >= 0.3 is 0 Å². The molecule has 2 heteroatoms. The first-order chi connectivity index (χ1) is 9.81. The summed E-state index contributed by atoms with van der Waals surface area (Å²) in [6.07, 6.45) is 11.2. The maximum Gasteiger partial charge on any atom is 0.0177 e. The van der Waals surface area contributed by atoms with Crippen molar-refractivity contribution in [2.24, 2.45) is 11.8 Å². The van der Waals surface area contributed by atoms with Crippen molar-refractivity contribution in [3.05, 3.63) is 34.3 Å². The highest BCUT2D eigenvalue weighted by Gasteiger charge is 2.27. The summed E-state index contributed by atoms with van der Waals surface area (Å²) in [5.41, 5.74) is 1.50. The molecule has 0 amide bonds. The van der Waals surface area contributed by atoms with Crippen molar-refractivity contribution in [3.8, 4) is 0 Å². The van der Waals surface area contributed by atoms with Gasteiger partial charge in [-0.2, -0.15) is 0 Å². The number of halogens is 1. The van der Waals surface area contributed by atoms with Gasteiger partial charge in [-0.15, -0.1) is 0 Å². The van der Waals surface area contributed by atoms with Crippen LogP contribution in [-0.2, 0) is 6.42 Å². The van der Waals surface area contributed by atoms with E-state index < -0.39 is 0 Å². The number of rotatable bonds is 5. The Morgan fingerprint density at radius 3 is 2.55 bits per heavy atom. The van der Waals surface area contributed by atoms with E-state index in [0.717, 1.165) is 17.9 Å². The van der Waals surface area contributed by atoms with Gasteiger partial charge in [0.05, 0.1) is 0 Å². The lowest BCUT2D eigenvalue weighted by Crippen LogP contribution is -2.30. The average Bonchev–Trinajstić information content (AvgIpc) is 3.24. The highest BCUT2D eigenvalue weighted by atomic mass is 79.9. The lowest BCUT2D eigenvalue weighted by Gasteiger charge is -2.26. The fourth-order valence-electron chi connectivity index (χ4n) is 3.57. The normalized spacial score (nSPS) is 27.2. The van der Waals surface area contributed by atoms with Gasteiger partial charge in [0.15, 0.2) is 0 Å². The minimum atomic E-state index is 0.852. The van der Waals surface area contributed by atoms with Crippen LogP contribution in [0.5, 0.6) is 0 Å². The summed E-state index contributed by atoms with van der Waals surface area (Å²) in [7, 11) is 0. The molecule has 1 aromatic carbocycles. The van der Waals surface area contributed by atoms with Crippen molar-refractivity contribution >= 4 is 15.9 Å². The zero-order valence-electron chi connectivity index (χ0n) is 12.3. The second-order valence-corrected chi connectivity index (χ2v) is 7.59. The number of hydrogen-bond acceptors (Lipinski definition) is 1. The Kier molecular flexibility index (Phi) is 5.17. The van der Waals surface area contributed by atoms with Crippen LogP contribution >= 0.6 is 15.9 Å². The Bertz CT molecular complexity index is 427. The van der Waals surface area contributed by atoms with Crippen LogP contribution in [0.25, 0.3) is 0 Å². The monoisotopic (exact) mass is 335 g/mol. The van der Waals surface area contributed by atoms with Crippen LogP contribution in [0.3, 0.4) is 0 Å². The first kappa shape index (κ1) is 14.6. The van der Waals surface area contributed by atoms with Gasteiger partial charge in [-0.3, -0.25) is 0 Å². The summed E-state index contributed by atoms with van der Waals surface area (Å²) in [5, 5.41) is 3.77. The molecule has 2 saturated carbocycles. The Balaban J connectivity index is 1.62. The van der Waals surface area contributed by atoms with E-state index in [4.69, 9.17) is 0 Å². The summed E-state index contributed by atoms with van der Waals surface area (Å²) in [5.74, 6) is 1.76. The number of hydrogen-bond donors (Lipinski definition) is 1. The Morgan fingerprint density at radius 2 is 1.80 bits per heavy atom. The molecule has 0 aliphatic heterocycles. The topological polar surface area (TPSA) is 12.0 Å². The SMILES string of the molecule is Brc1cccc(CC2CCCCCC2CNC2CC2)c1. The van der Waals surface area contributed by atoms with E-state index in [0.29, 0.717) is 0 Å². The smallest absolute Gasteiger partial charge is 0.0177 e. The van der Waals surface area contributed by atoms with Crippen LogP contribution in [-0.4, -0.2) is 12.6 Å². The van der Waals surface area contributed by atoms with E-state index in [1.165, 1.54) is 67.9 Å². The van der Waals surface area contributed by atoms with Gasteiger partial charge in [-0.25, -0.2) is 0 Å². The van der Waals surface area contributed by atoms with Gasteiger partial charge < -0.3 is 5.32 Å². The highest BCUT2D eigenvalue weighted by molar-refractivity contribution is 9.10. The number of nitrogens with one attached hydrogen (secondary N) is 1. The minimum Gasteiger partial charge on any atom is -0.314 e. The van der Waals surface area contributed by atoms with Crippen molar-refractivity contribution in [2.45, 2.75) is 57.4 Å². The highest BCUT2D eigenvalue weighted by Crippen LogP contribution is 2.32. The van der Waals surface area contributed by atoms with E-state index in [-0.39, 0.29) is 0 Å². The molecule has 1 nitrogen and oxygen atoms in total. The first-order valence-corrected chi connectivity index (χ1v) is 9.08. The fraction of sp³-hybridized carbons (Fsp3) is 0.667. The first-order valence-electron chi connectivity index (χ1n) is 8.29. The summed E-state index contributed by atoms with van der Waals surface area (Å²) < 4.78 is 1.22. The average molecular weight is 336 g/mol. The van der Waals surface area contributed by atoms with Crippen molar-refractivity contribution in [1.82, 2.24) is 5.32 Å². The molecular weight excluding hydrogens is 310 g/mol. The fourth-order valence-corrected chi connectivity index (χ4v) is 4.02. The van der Waals surface area contributed by atoms with Crippen LogP contribution in [0, 0.1) is 11.8 Å². The Morgan fingerprint density at radius 1 is 1.00 bits per heavy atom. The molecule has 110 valence electrons. The maximum absolute atomic E-state index is 3.77. The van der Waals surface area contributed by atoms with Crippen molar-refractivity contribution in [3.63, 3.8) is 0 Å². The zero-order valence-corrected chi connectivity index (χ0v) is 13.9. The molecule has 2 unspecified atom stereocenters. The van der Waals surface area contributed by atoms with Crippen molar-refractivity contribution in [1.29, 1.82) is 0 Å². The molecule has 1 N–H and O–H groups in total. The van der Waals surface area contributed by atoms with E-state index in [2.05, 4.69) is 45.5 Å². The molecule has 2 aliphatic rings. The summed E-state index contributed by atoms with van der Waals surface area (Å²) in [4.78, 5) is 0. The maximum atomic E-state index is 3.77. The summed E-state index contributed by atoms with van der Waals surface area (Å²) in [6.45, 7) is 1.25. The summed E-state index contributed by atoms with van der Waals surface area (Å²) in [6, 6.07) is 9.75. The van der Waals surface area contributed by atoms with Crippen LogP contribution in [0.4, 0.5) is 0 Å². The molecule has 2 atom stereocenters. The molecular formula is C18H26BrN. The molecule has 2 fully saturated rings. The third-order valence-corrected chi connectivity index (χ3v) is 5.44. The summed E-state index contributed by atoms with van der Waals surface area (Å²) >= 11 is 3.60. The van der Waals surface area contributed by atoms with Crippen molar-refractivity contribution in [2.75, 3.05) is 6.54 Å². The van der Waals surface area contributed by atoms with E-state index >= 15 is 0 Å². The molecule has 1 aromatic rings. The molecule has 0 bridgehead atoms.